The maximum Gasteiger partial charge on any atom is 0.319 e. The molecule has 2 aliphatic heterocycles. The SMILES string of the molecule is CC[C@@H]1NC(=O)[C@@H]2C[C@H](NC(=O)Nc3cccc(Cl)c3Cl)CN2C1=O. The average Bonchev–Trinajstić information content (AvgIpc) is 2.99. The number of urea groups is 1. The van der Waals surface area contributed by atoms with E-state index in [1.165, 1.54) is 0 Å². The predicted molar refractivity (Wildman–Crippen MR) is 94.7 cm³/mol. The molecule has 0 bridgehead atoms. The zero-order chi connectivity index (χ0) is 18.1. The first kappa shape index (κ1) is 17.8. The number of piperazine rings is 1. The Morgan fingerprint density at radius 2 is 2.12 bits per heavy atom. The third-order valence-electron chi connectivity index (χ3n) is 4.44. The molecule has 2 saturated heterocycles. The second-order valence-electron chi connectivity index (χ2n) is 6.11. The van der Waals surface area contributed by atoms with Crippen LogP contribution < -0.4 is 16.0 Å². The molecule has 7 nitrogen and oxygen atoms in total. The number of hydrogen-bond donors (Lipinski definition) is 3. The Bertz CT molecular complexity index is 727. The van der Waals surface area contributed by atoms with Crippen LogP contribution in [0.4, 0.5) is 10.5 Å². The molecule has 0 unspecified atom stereocenters. The Balaban J connectivity index is 1.63. The summed E-state index contributed by atoms with van der Waals surface area (Å²) in [5.74, 6) is -0.274. The first-order valence-corrected chi connectivity index (χ1v) is 8.78. The minimum Gasteiger partial charge on any atom is -0.343 e. The minimum atomic E-state index is -0.532. The van der Waals surface area contributed by atoms with Gasteiger partial charge in [-0.15, -0.1) is 0 Å². The molecule has 3 rings (SSSR count). The third kappa shape index (κ3) is 3.52. The largest absolute Gasteiger partial charge is 0.343 e. The summed E-state index contributed by atoms with van der Waals surface area (Å²) in [6.07, 6.45) is 0.921. The highest BCUT2D eigenvalue weighted by Crippen LogP contribution is 2.29. The highest BCUT2D eigenvalue weighted by Gasteiger charge is 2.46. The monoisotopic (exact) mass is 384 g/mol. The van der Waals surface area contributed by atoms with E-state index in [1.807, 2.05) is 6.92 Å². The van der Waals surface area contributed by atoms with E-state index in [0.717, 1.165) is 0 Å². The molecule has 134 valence electrons. The molecular weight excluding hydrogens is 367 g/mol. The number of nitrogens with zero attached hydrogens (tertiary/aromatic N) is 1. The van der Waals surface area contributed by atoms with Crippen molar-refractivity contribution in [3.05, 3.63) is 28.2 Å². The number of amides is 4. The van der Waals surface area contributed by atoms with Crippen LogP contribution in [-0.4, -0.2) is 47.4 Å². The van der Waals surface area contributed by atoms with Gasteiger partial charge in [-0.2, -0.15) is 0 Å². The molecule has 3 atom stereocenters. The highest BCUT2D eigenvalue weighted by molar-refractivity contribution is 6.43. The molecule has 4 amide bonds. The summed E-state index contributed by atoms with van der Waals surface area (Å²) < 4.78 is 0. The van der Waals surface area contributed by atoms with E-state index in [2.05, 4.69) is 16.0 Å². The van der Waals surface area contributed by atoms with Crippen LogP contribution in [0.1, 0.15) is 19.8 Å². The molecule has 9 heteroatoms. The summed E-state index contributed by atoms with van der Waals surface area (Å²) >= 11 is 12.0. The van der Waals surface area contributed by atoms with Crippen molar-refractivity contribution in [1.82, 2.24) is 15.5 Å². The van der Waals surface area contributed by atoms with Crippen LogP contribution in [0, 0.1) is 0 Å². The molecule has 2 fully saturated rings. The van der Waals surface area contributed by atoms with Gasteiger partial charge in [-0.1, -0.05) is 36.2 Å². The van der Waals surface area contributed by atoms with Crippen molar-refractivity contribution >= 4 is 46.7 Å². The van der Waals surface area contributed by atoms with E-state index in [9.17, 15) is 14.4 Å². The first-order chi connectivity index (χ1) is 11.9. The number of anilines is 1. The van der Waals surface area contributed by atoms with Crippen LogP contribution in [0.3, 0.4) is 0 Å². The van der Waals surface area contributed by atoms with Crippen LogP contribution in [0.5, 0.6) is 0 Å². The smallest absolute Gasteiger partial charge is 0.319 e. The fourth-order valence-corrected chi connectivity index (χ4v) is 3.53. The van der Waals surface area contributed by atoms with E-state index in [1.54, 1.807) is 23.1 Å². The predicted octanol–water partition coefficient (Wildman–Crippen LogP) is 1.99. The normalized spacial score (nSPS) is 25.4. The van der Waals surface area contributed by atoms with Crippen molar-refractivity contribution < 1.29 is 14.4 Å². The second-order valence-corrected chi connectivity index (χ2v) is 6.89. The highest BCUT2D eigenvalue weighted by atomic mass is 35.5. The van der Waals surface area contributed by atoms with Crippen molar-refractivity contribution in [3.63, 3.8) is 0 Å². The Hall–Kier alpha value is -1.99. The van der Waals surface area contributed by atoms with Gasteiger partial charge in [-0.05, 0) is 25.0 Å². The molecule has 0 spiro atoms. The Kier molecular flexibility index (Phi) is 5.06. The van der Waals surface area contributed by atoms with E-state index in [4.69, 9.17) is 23.2 Å². The number of nitrogens with one attached hydrogen (secondary N) is 3. The number of carbonyl (C=O) groups excluding carboxylic acids is 3. The van der Waals surface area contributed by atoms with Gasteiger partial charge >= 0.3 is 6.03 Å². The van der Waals surface area contributed by atoms with Crippen LogP contribution in [-0.2, 0) is 9.59 Å². The summed E-state index contributed by atoms with van der Waals surface area (Å²) in [7, 11) is 0. The van der Waals surface area contributed by atoms with E-state index >= 15 is 0 Å². The quantitative estimate of drug-likeness (QED) is 0.743. The maximum atomic E-state index is 12.3. The third-order valence-corrected chi connectivity index (χ3v) is 5.26. The molecule has 2 aliphatic rings. The van der Waals surface area contributed by atoms with Crippen molar-refractivity contribution in [2.24, 2.45) is 0 Å². The van der Waals surface area contributed by atoms with Gasteiger partial charge in [0.15, 0.2) is 0 Å². The van der Waals surface area contributed by atoms with Gasteiger partial charge in [0.1, 0.15) is 12.1 Å². The summed E-state index contributed by atoms with van der Waals surface area (Å²) in [5.41, 5.74) is 0.391. The van der Waals surface area contributed by atoms with Gasteiger partial charge in [-0.25, -0.2) is 4.79 Å². The number of rotatable bonds is 3. The van der Waals surface area contributed by atoms with Crippen molar-refractivity contribution in [3.8, 4) is 0 Å². The molecule has 0 aliphatic carbocycles. The van der Waals surface area contributed by atoms with E-state index in [0.29, 0.717) is 30.1 Å². The fraction of sp³-hybridized carbons (Fsp3) is 0.438. The molecule has 0 aromatic heterocycles. The molecule has 25 heavy (non-hydrogen) atoms. The lowest BCUT2D eigenvalue weighted by Gasteiger charge is -2.33. The number of fused-ring (bicyclic) bond motifs is 1. The van der Waals surface area contributed by atoms with Gasteiger partial charge in [-0.3, -0.25) is 9.59 Å². The zero-order valence-corrected chi connectivity index (χ0v) is 15.0. The molecule has 1 aromatic rings. The number of benzene rings is 1. The number of halogens is 2. The molecular formula is C16H18Cl2N4O3. The molecule has 3 N–H and O–H groups in total. The minimum absolute atomic E-state index is 0.102. The number of carbonyl (C=O) groups is 3. The molecule has 0 radical (unpaired) electrons. The topological polar surface area (TPSA) is 90.5 Å². The maximum absolute atomic E-state index is 12.3. The summed E-state index contributed by atoms with van der Waals surface area (Å²) in [6.45, 7) is 2.15. The van der Waals surface area contributed by atoms with Gasteiger partial charge in [0.05, 0.1) is 21.8 Å². The van der Waals surface area contributed by atoms with Crippen molar-refractivity contribution in [2.45, 2.75) is 37.9 Å². The van der Waals surface area contributed by atoms with Gasteiger partial charge < -0.3 is 20.9 Å². The first-order valence-electron chi connectivity index (χ1n) is 8.03. The molecule has 0 saturated carbocycles. The van der Waals surface area contributed by atoms with Gasteiger partial charge in [0.25, 0.3) is 0 Å². The average molecular weight is 385 g/mol. The van der Waals surface area contributed by atoms with E-state index < -0.39 is 18.1 Å². The van der Waals surface area contributed by atoms with Crippen LogP contribution >= 0.6 is 23.2 Å². The summed E-state index contributed by atoms with van der Waals surface area (Å²) in [5, 5.41) is 8.73. The molecule has 1 aromatic carbocycles. The standard InChI is InChI=1S/C16H18Cl2N4O3/c1-2-10-15(24)22-7-8(6-12(22)14(23)20-10)19-16(25)21-11-5-3-4-9(17)13(11)18/h3-5,8,10,12H,2,6-7H2,1H3,(H,20,23)(H2,19,21,25)/t8-,10-,12-/m0/s1. The lowest BCUT2D eigenvalue weighted by Crippen LogP contribution is -2.60. The summed E-state index contributed by atoms with van der Waals surface area (Å²) in [6, 6.07) is 3.14. The van der Waals surface area contributed by atoms with Gasteiger partial charge in [0, 0.05) is 6.54 Å². The lowest BCUT2D eigenvalue weighted by atomic mass is 10.1. The van der Waals surface area contributed by atoms with Crippen molar-refractivity contribution in [2.75, 3.05) is 11.9 Å². The van der Waals surface area contributed by atoms with E-state index in [-0.39, 0.29) is 22.9 Å². The fourth-order valence-electron chi connectivity index (χ4n) is 3.18. The van der Waals surface area contributed by atoms with Crippen LogP contribution in [0.15, 0.2) is 18.2 Å². The lowest BCUT2D eigenvalue weighted by molar-refractivity contribution is -0.147. The molecule has 2 heterocycles. The Labute approximate surface area is 155 Å². The zero-order valence-electron chi connectivity index (χ0n) is 13.5. The van der Waals surface area contributed by atoms with Crippen LogP contribution in [0.2, 0.25) is 10.0 Å². The van der Waals surface area contributed by atoms with Crippen molar-refractivity contribution in [1.29, 1.82) is 0 Å². The second kappa shape index (κ2) is 7.09. The summed E-state index contributed by atoms with van der Waals surface area (Å²) in [4.78, 5) is 38.2. The Morgan fingerprint density at radius 3 is 2.84 bits per heavy atom. The van der Waals surface area contributed by atoms with Gasteiger partial charge in [0.2, 0.25) is 11.8 Å². The Morgan fingerprint density at radius 1 is 1.36 bits per heavy atom. The van der Waals surface area contributed by atoms with Crippen LogP contribution in [0.25, 0.3) is 0 Å². The number of hydrogen-bond acceptors (Lipinski definition) is 3.